The molecular formula is C19H21NO4. The predicted molar refractivity (Wildman–Crippen MR) is 92.2 cm³/mol. The zero-order valence-corrected chi connectivity index (χ0v) is 14.1. The summed E-state index contributed by atoms with van der Waals surface area (Å²) in [4.78, 5) is 24.6. The Morgan fingerprint density at radius 3 is 2.33 bits per heavy atom. The molecule has 126 valence electrons. The van der Waals surface area contributed by atoms with Crippen LogP contribution in [0, 0.1) is 0 Å². The van der Waals surface area contributed by atoms with Crippen LogP contribution in [0.3, 0.4) is 0 Å². The van der Waals surface area contributed by atoms with Gasteiger partial charge in [-0.2, -0.15) is 0 Å². The average Bonchev–Trinajstić information content (AvgIpc) is 2.52. The summed E-state index contributed by atoms with van der Waals surface area (Å²) in [5, 5.41) is 0. The van der Waals surface area contributed by atoms with E-state index in [-0.39, 0.29) is 6.54 Å². The Bertz CT molecular complexity index is 692. The van der Waals surface area contributed by atoms with Gasteiger partial charge in [-0.3, -0.25) is 9.59 Å². The van der Waals surface area contributed by atoms with Crippen molar-refractivity contribution in [2.75, 3.05) is 11.4 Å². The molecule has 0 atom stereocenters. The number of carbonyl (C=O) groups is 2. The van der Waals surface area contributed by atoms with Crippen LogP contribution in [0.1, 0.15) is 20.8 Å². The first-order chi connectivity index (χ1) is 11.4. The highest BCUT2D eigenvalue weighted by atomic mass is 16.6. The summed E-state index contributed by atoms with van der Waals surface area (Å²) in [5.41, 5.74) is -0.0338. The van der Waals surface area contributed by atoms with Crippen molar-refractivity contribution >= 4 is 18.1 Å². The van der Waals surface area contributed by atoms with Crippen LogP contribution >= 0.6 is 0 Å². The maximum absolute atomic E-state index is 11.9. The molecule has 2 rings (SSSR count). The quantitative estimate of drug-likeness (QED) is 0.598. The van der Waals surface area contributed by atoms with Crippen molar-refractivity contribution in [3.63, 3.8) is 0 Å². The van der Waals surface area contributed by atoms with Gasteiger partial charge < -0.3 is 14.4 Å². The Morgan fingerprint density at radius 1 is 1.04 bits per heavy atom. The maximum atomic E-state index is 11.9. The number of nitrogens with zero attached hydrogens (tertiary/aromatic N) is 1. The van der Waals surface area contributed by atoms with E-state index in [2.05, 4.69) is 0 Å². The molecule has 0 aliphatic rings. The highest BCUT2D eigenvalue weighted by Gasteiger charge is 2.19. The van der Waals surface area contributed by atoms with Crippen molar-refractivity contribution in [2.45, 2.75) is 26.4 Å². The fourth-order valence-electron chi connectivity index (χ4n) is 2.05. The maximum Gasteiger partial charge on any atom is 0.326 e. The molecule has 0 fully saturated rings. The molecule has 0 aliphatic heterocycles. The zero-order valence-electron chi connectivity index (χ0n) is 14.1. The molecule has 0 N–H and O–H groups in total. The van der Waals surface area contributed by atoms with Crippen molar-refractivity contribution in [3.05, 3.63) is 54.6 Å². The topological polar surface area (TPSA) is 55.8 Å². The van der Waals surface area contributed by atoms with Gasteiger partial charge in [0.25, 0.3) is 0 Å². The van der Waals surface area contributed by atoms with Gasteiger partial charge in [-0.05, 0) is 45.0 Å². The lowest BCUT2D eigenvalue weighted by molar-refractivity contribution is -0.153. The molecule has 1 amide bonds. The minimum atomic E-state index is -0.593. The van der Waals surface area contributed by atoms with E-state index in [0.29, 0.717) is 23.6 Å². The van der Waals surface area contributed by atoms with Gasteiger partial charge in [0.1, 0.15) is 23.6 Å². The summed E-state index contributed by atoms with van der Waals surface area (Å²) in [6.07, 6.45) is 0.603. The van der Waals surface area contributed by atoms with Crippen LogP contribution in [0.15, 0.2) is 54.6 Å². The lowest BCUT2D eigenvalue weighted by atomic mass is 10.2. The van der Waals surface area contributed by atoms with Gasteiger partial charge in [0.2, 0.25) is 6.41 Å². The lowest BCUT2D eigenvalue weighted by Crippen LogP contribution is -2.34. The van der Waals surface area contributed by atoms with Crippen molar-refractivity contribution < 1.29 is 19.1 Å². The number of para-hydroxylation sites is 1. The zero-order chi connectivity index (χ0) is 17.6. The summed E-state index contributed by atoms with van der Waals surface area (Å²) >= 11 is 0. The SMILES string of the molecule is CC(C)(C)OC(=O)CN(C=O)c1cccc(Oc2ccccc2)c1. The van der Waals surface area contributed by atoms with E-state index in [1.54, 1.807) is 45.0 Å². The molecule has 0 aromatic heterocycles. The molecular weight excluding hydrogens is 306 g/mol. The van der Waals surface area contributed by atoms with Gasteiger partial charge in [-0.1, -0.05) is 24.3 Å². The molecule has 0 unspecified atom stereocenters. The molecule has 2 aromatic rings. The second kappa shape index (κ2) is 7.64. The molecule has 0 heterocycles. The van der Waals surface area contributed by atoms with E-state index in [1.807, 2.05) is 30.3 Å². The smallest absolute Gasteiger partial charge is 0.326 e. The molecule has 0 aliphatic carbocycles. The standard InChI is InChI=1S/C19H21NO4/c1-19(2,3)24-18(22)13-20(14-21)15-8-7-11-17(12-15)23-16-9-5-4-6-10-16/h4-12,14H,13H2,1-3H3. The highest BCUT2D eigenvalue weighted by molar-refractivity contribution is 5.86. The van der Waals surface area contributed by atoms with E-state index in [1.165, 1.54) is 4.90 Å². The molecule has 0 saturated carbocycles. The van der Waals surface area contributed by atoms with Crippen LogP contribution in [0.2, 0.25) is 0 Å². The minimum absolute atomic E-state index is 0.157. The number of amides is 1. The highest BCUT2D eigenvalue weighted by Crippen LogP contribution is 2.25. The van der Waals surface area contributed by atoms with Crippen molar-refractivity contribution in [3.8, 4) is 11.5 Å². The summed E-state index contributed by atoms with van der Waals surface area (Å²) in [7, 11) is 0. The molecule has 5 heteroatoms. The first-order valence-corrected chi connectivity index (χ1v) is 7.64. The largest absolute Gasteiger partial charge is 0.459 e. The monoisotopic (exact) mass is 327 g/mol. The second-order valence-corrected chi connectivity index (χ2v) is 6.23. The number of anilines is 1. The molecule has 0 bridgehead atoms. The predicted octanol–water partition coefficient (Wildman–Crippen LogP) is 3.78. The molecule has 0 radical (unpaired) electrons. The third kappa shape index (κ3) is 5.43. The number of ether oxygens (including phenoxy) is 2. The summed E-state index contributed by atoms with van der Waals surface area (Å²) in [5.74, 6) is 0.804. The lowest BCUT2D eigenvalue weighted by Gasteiger charge is -2.23. The normalized spacial score (nSPS) is 10.8. The van der Waals surface area contributed by atoms with Gasteiger partial charge in [-0.15, -0.1) is 0 Å². The Labute approximate surface area is 141 Å². The van der Waals surface area contributed by atoms with Crippen molar-refractivity contribution in [1.82, 2.24) is 0 Å². The van der Waals surface area contributed by atoms with Crippen LogP contribution in [0.25, 0.3) is 0 Å². The second-order valence-electron chi connectivity index (χ2n) is 6.23. The first-order valence-electron chi connectivity index (χ1n) is 7.64. The van der Waals surface area contributed by atoms with E-state index in [4.69, 9.17) is 9.47 Å². The summed E-state index contributed by atoms with van der Waals surface area (Å²) < 4.78 is 11.0. The van der Waals surface area contributed by atoms with Gasteiger partial charge in [0.05, 0.1) is 0 Å². The van der Waals surface area contributed by atoms with Gasteiger partial charge in [0, 0.05) is 11.8 Å². The number of benzene rings is 2. The van der Waals surface area contributed by atoms with Crippen LogP contribution < -0.4 is 9.64 Å². The Hall–Kier alpha value is -2.82. The Balaban J connectivity index is 2.10. The molecule has 0 saturated heterocycles. The van der Waals surface area contributed by atoms with E-state index in [9.17, 15) is 9.59 Å². The van der Waals surface area contributed by atoms with E-state index in [0.717, 1.165) is 0 Å². The summed E-state index contributed by atoms with van der Waals surface area (Å²) in [6, 6.07) is 16.3. The number of rotatable bonds is 6. The molecule has 5 nitrogen and oxygen atoms in total. The van der Waals surface area contributed by atoms with Gasteiger partial charge in [-0.25, -0.2) is 0 Å². The van der Waals surface area contributed by atoms with Gasteiger partial charge >= 0.3 is 5.97 Å². The van der Waals surface area contributed by atoms with Crippen molar-refractivity contribution in [1.29, 1.82) is 0 Å². The van der Waals surface area contributed by atoms with E-state index < -0.39 is 11.6 Å². The third-order valence-corrected chi connectivity index (χ3v) is 2.97. The Kier molecular flexibility index (Phi) is 5.58. The number of esters is 1. The number of hydrogen-bond donors (Lipinski definition) is 0. The average molecular weight is 327 g/mol. The number of carbonyl (C=O) groups excluding carboxylic acids is 2. The van der Waals surface area contributed by atoms with Crippen LogP contribution in [0.4, 0.5) is 5.69 Å². The fraction of sp³-hybridized carbons (Fsp3) is 0.263. The van der Waals surface area contributed by atoms with Crippen LogP contribution in [0.5, 0.6) is 11.5 Å². The minimum Gasteiger partial charge on any atom is -0.459 e. The fourth-order valence-corrected chi connectivity index (χ4v) is 2.05. The van der Waals surface area contributed by atoms with Gasteiger partial charge in [0.15, 0.2) is 0 Å². The number of hydrogen-bond acceptors (Lipinski definition) is 4. The third-order valence-electron chi connectivity index (χ3n) is 2.97. The Morgan fingerprint density at radius 2 is 1.71 bits per heavy atom. The van der Waals surface area contributed by atoms with Crippen molar-refractivity contribution in [2.24, 2.45) is 0 Å². The van der Waals surface area contributed by atoms with Crippen LogP contribution in [-0.2, 0) is 14.3 Å². The van der Waals surface area contributed by atoms with E-state index >= 15 is 0 Å². The van der Waals surface area contributed by atoms with Crippen LogP contribution in [-0.4, -0.2) is 24.5 Å². The first kappa shape index (κ1) is 17.5. The molecule has 24 heavy (non-hydrogen) atoms. The summed E-state index contributed by atoms with van der Waals surface area (Å²) in [6.45, 7) is 5.19. The molecule has 0 spiro atoms. The molecule has 2 aromatic carbocycles.